The Labute approximate surface area is 224 Å². The second kappa shape index (κ2) is 12.2. The van der Waals surface area contributed by atoms with Crippen LogP contribution >= 0.6 is 0 Å². The van der Waals surface area contributed by atoms with Gasteiger partial charge in [-0.3, -0.25) is 9.79 Å². The van der Waals surface area contributed by atoms with Crippen molar-refractivity contribution in [2.45, 2.75) is 57.9 Å². The first-order chi connectivity index (χ1) is 18.6. The van der Waals surface area contributed by atoms with Crippen molar-refractivity contribution < 1.29 is 27.4 Å². The van der Waals surface area contributed by atoms with Gasteiger partial charge in [-0.05, 0) is 63.3 Å². The van der Waals surface area contributed by atoms with Crippen molar-refractivity contribution in [3.8, 4) is 5.75 Å². The minimum Gasteiger partial charge on any atom is -0.492 e. The third-order valence-electron chi connectivity index (χ3n) is 6.49. The van der Waals surface area contributed by atoms with Gasteiger partial charge in [0, 0.05) is 17.8 Å². The number of aromatic nitrogens is 2. The number of nitrogens with zero attached hydrogens (tertiary/aromatic N) is 3. The number of benzene rings is 1. The molecule has 8 nitrogen and oxygen atoms in total. The van der Waals surface area contributed by atoms with Crippen LogP contribution in [0.2, 0.25) is 0 Å². The number of pyridine rings is 1. The number of allylic oxidation sites excluding steroid dienone is 1. The topological polar surface area (TPSA) is 103 Å². The number of para-hydroxylation sites is 1. The summed E-state index contributed by atoms with van der Waals surface area (Å²) in [6.45, 7) is 3.32. The van der Waals surface area contributed by atoms with E-state index in [9.17, 15) is 18.0 Å². The molecule has 39 heavy (non-hydrogen) atoms. The average Bonchev–Trinajstić information content (AvgIpc) is 3.29. The molecule has 0 radical (unpaired) electrons. The third kappa shape index (κ3) is 7.98. The molecule has 2 heterocycles. The fraction of sp³-hybridized carbons (Fsp3) is 0.393. The molecule has 1 aromatic carbocycles. The number of halogens is 3. The van der Waals surface area contributed by atoms with Gasteiger partial charge < -0.3 is 20.5 Å². The zero-order valence-corrected chi connectivity index (χ0v) is 21.8. The highest BCUT2D eigenvalue weighted by Crippen LogP contribution is 2.34. The molecule has 2 aromatic heterocycles. The second-order valence-electron chi connectivity index (χ2n) is 9.80. The van der Waals surface area contributed by atoms with E-state index < -0.39 is 19.2 Å². The van der Waals surface area contributed by atoms with Crippen molar-refractivity contribution in [3.05, 3.63) is 71.9 Å². The van der Waals surface area contributed by atoms with Gasteiger partial charge in [0.25, 0.3) is 5.91 Å². The zero-order valence-electron chi connectivity index (χ0n) is 21.8. The molecule has 0 bridgehead atoms. The molecule has 0 unspecified atom stereocenters. The van der Waals surface area contributed by atoms with Gasteiger partial charge in [-0.2, -0.15) is 18.3 Å². The zero-order chi connectivity index (χ0) is 28.0. The summed E-state index contributed by atoms with van der Waals surface area (Å²) in [6.07, 6.45) is 1.77. The Morgan fingerprint density at radius 3 is 2.72 bits per heavy atom. The molecule has 4 rings (SSSR count). The molecule has 3 aromatic rings. The van der Waals surface area contributed by atoms with E-state index in [4.69, 9.17) is 15.2 Å². The molecule has 11 heteroatoms. The Bertz CT molecular complexity index is 1330. The summed E-state index contributed by atoms with van der Waals surface area (Å²) in [5, 5.41) is 7.15. The molecule has 1 amide bonds. The first kappa shape index (κ1) is 28.0. The van der Waals surface area contributed by atoms with Gasteiger partial charge in [0.15, 0.2) is 5.88 Å². The Kier molecular flexibility index (Phi) is 8.78. The number of amides is 1. The lowest BCUT2D eigenvalue weighted by atomic mass is 9.78. The van der Waals surface area contributed by atoms with Crippen LogP contribution in [0.4, 0.5) is 18.9 Å². The number of rotatable bonds is 11. The predicted octanol–water partition coefficient (Wildman–Crippen LogP) is 5.56. The minimum atomic E-state index is -4.29. The maximum absolute atomic E-state index is 12.9. The summed E-state index contributed by atoms with van der Waals surface area (Å²) in [5.41, 5.74) is 8.62. The fourth-order valence-corrected chi connectivity index (χ4v) is 4.36. The fourth-order valence-electron chi connectivity index (χ4n) is 4.36. The molecule has 208 valence electrons. The maximum atomic E-state index is 12.9. The molecular weight excluding hydrogens is 511 g/mol. The molecule has 0 aliphatic heterocycles. The summed E-state index contributed by atoms with van der Waals surface area (Å²) >= 11 is 0. The number of nitrogens with one attached hydrogen (secondary N) is 1. The summed E-state index contributed by atoms with van der Waals surface area (Å²) in [4.78, 5) is 17.2. The normalized spacial score (nSPS) is 18.9. The van der Waals surface area contributed by atoms with E-state index in [0.717, 1.165) is 30.5 Å². The Morgan fingerprint density at radius 2 is 2.00 bits per heavy atom. The van der Waals surface area contributed by atoms with Crippen molar-refractivity contribution in [1.29, 1.82) is 0 Å². The van der Waals surface area contributed by atoms with E-state index in [0.29, 0.717) is 22.9 Å². The van der Waals surface area contributed by atoms with Crippen molar-refractivity contribution in [3.63, 3.8) is 0 Å². The lowest BCUT2D eigenvalue weighted by Crippen LogP contribution is -2.39. The van der Waals surface area contributed by atoms with Gasteiger partial charge in [0.2, 0.25) is 0 Å². The molecule has 1 atom stereocenters. The SMILES string of the molecule is CC(C=Nc1ccccc1)=C(N)OC1CC(C[C@H](C)NC(=O)c2cnn3cc(OCCC(F)(F)F)ccc23)C1. The largest absolute Gasteiger partial charge is 0.492 e. The number of aliphatic imine (C=N–C) groups is 1. The van der Waals surface area contributed by atoms with Crippen molar-refractivity contribution in [1.82, 2.24) is 14.9 Å². The van der Waals surface area contributed by atoms with Crippen molar-refractivity contribution in [2.75, 3.05) is 6.61 Å². The molecule has 1 fully saturated rings. The first-order valence-electron chi connectivity index (χ1n) is 12.8. The highest BCUT2D eigenvalue weighted by molar-refractivity contribution is 6.00. The predicted molar refractivity (Wildman–Crippen MR) is 142 cm³/mol. The van der Waals surface area contributed by atoms with Gasteiger partial charge in [0.1, 0.15) is 11.9 Å². The number of ether oxygens (including phenoxy) is 2. The van der Waals surface area contributed by atoms with Crippen LogP contribution in [-0.4, -0.2) is 46.7 Å². The number of carbonyl (C=O) groups excluding carboxylic acids is 1. The Balaban J connectivity index is 1.22. The number of alkyl halides is 3. The van der Waals surface area contributed by atoms with E-state index in [2.05, 4.69) is 15.4 Å². The second-order valence-corrected chi connectivity index (χ2v) is 9.80. The summed E-state index contributed by atoms with van der Waals surface area (Å²) in [5.74, 6) is 0.736. The lowest BCUT2D eigenvalue weighted by Gasteiger charge is -2.37. The van der Waals surface area contributed by atoms with Gasteiger partial charge in [-0.1, -0.05) is 18.2 Å². The minimum absolute atomic E-state index is 0.0325. The van der Waals surface area contributed by atoms with Crippen LogP contribution in [0, 0.1) is 5.92 Å². The lowest BCUT2D eigenvalue weighted by molar-refractivity contribution is -0.139. The quantitative estimate of drug-likeness (QED) is 0.243. The van der Waals surface area contributed by atoms with E-state index in [-0.39, 0.29) is 23.8 Å². The maximum Gasteiger partial charge on any atom is 0.392 e. The Hall–Kier alpha value is -4.02. The van der Waals surface area contributed by atoms with Crippen LogP contribution in [0.5, 0.6) is 5.75 Å². The van der Waals surface area contributed by atoms with E-state index in [1.165, 1.54) is 23.0 Å². The van der Waals surface area contributed by atoms with Crippen LogP contribution < -0.4 is 15.8 Å². The smallest absolute Gasteiger partial charge is 0.392 e. The summed E-state index contributed by atoms with van der Waals surface area (Å²) in [7, 11) is 0. The van der Waals surface area contributed by atoms with Crippen LogP contribution in [0.15, 0.2) is 71.3 Å². The number of hydrogen-bond acceptors (Lipinski definition) is 6. The molecule has 1 aliphatic rings. The number of carbonyl (C=O) groups is 1. The molecule has 0 spiro atoms. The highest BCUT2D eigenvalue weighted by Gasteiger charge is 2.32. The monoisotopic (exact) mass is 543 g/mol. The van der Waals surface area contributed by atoms with Crippen LogP contribution in [0.3, 0.4) is 0 Å². The third-order valence-corrected chi connectivity index (χ3v) is 6.49. The molecule has 0 saturated heterocycles. The Morgan fingerprint density at radius 1 is 1.26 bits per heavy atom. The molecule has 3 N–H and O–H groups in total. The van der Waals surface area contributed by atoms with Crippen molar-refractivity contribution >= 4 is 23.3 Å². The highest BCUT2D eigenvalue weighted by atomic mass is 19.4. The van der Waals surface area contributed by atoms with E-state index in [1.54, 1.807) is 12.3 Å². The van der Waals surface area contributed by atoms with E-state index >= 15 is 0 Å². The van der Waals surface area contributed by atoms with Crippen molar-refractivity contribution in [2.24, 2.45) is 16.6 Å². The number of hydrogen-bond donors (Lipinski definition) is 2. The number of nitrogens with two attached hydrogens (primary N) is 1. The standard InChI is InChI=1S/C28H32F3N5O3/c1-18(15-33-21-6-4-3-5-7-21)26(32)39-23-13-20(14-23)12-19(2)35-27(37)24-16-34-36-17-22(8-9-25(24)36)38-11-10-28(29,30)31/h3-9,15-17,19-20,23H,10-14,32H2,1-2H3,(H,35,37)/t19-,20?,23?/m0/s1. The number of fused-ring (bicyclic) bond motifs is 1. The van der Waals surface area contributed by atoms with Crippen LogP contribution in [0.25, 0.3) is 5.52 Å². The van der Waals surface area contributed by atoms with Crippen LogP contribution in [0.1, 0.15) is 49.9 Å². The molecule has 1 saturated carbocycles. The van der Waals surface area contributed by atoms with Crippen LogP contribution in [-0.2, 0) is 4.74 Å². The summed E-state index contributed by atoms with van der Waals surface area (Å²) < 4.78 is 49.4. The van der Waals surface area contributed by atoms with Gasteiger partial charge in [-0.15, -0.1) is 0 Å². The van der Waals surface area contributed by atoms with Gasteiger partial charge in [0.05, 0.1) is 42.2 Å². The first-order valence-corrected chi connectivity index (χ1v) is 12.8. The van der Waals surface area contributed by atoms with Gasteiger partial charge >= 0.3 is 6.18 Å². The molecular formula is C28H32F3N5O3. The average molecular weight is 544 g/mol. The summed E-state index contributed by atoms with van der Waals surface area (Å²) in [6, 6.07) is 12.6. The van der Waals surface area contributed by atoms with Gasteiger partial charge in [-0.25, -0.2) is 4.52 Å². The molecule has 1 aliphatic carbocycles. The van der Waals surface area contributed by atoms with E-state index in [1.807, 2.05) is 44.2 Å².